The number of hydrogen-bond acceptors (Lipinski definition) is 5. The first kappa shape index (κ1) is 16.1. The van der Waals surface area contributed by atoms with Gasteiger partial charge in [-0.2, -0.15) is 0 Å². The van der Waals surface area contributed by atoms with Crippen molar-refractivity contribution < 1.29 is 14.3 Å². The molecule has 0 spiro atoms. The van der Waals surface area contributed by atoms with Crippen molar-refractivity contribution in [2.75, 3.05) is 14.2 Å². The Labute approximate surface area is 144 Å². The summed E-state index contributed by atoms with van der Waals surface area (Å²) < 4.78 is 10.5. The molecule has 3 rings (SSSR count). The fourth-order valence-corrected chi connectivity index (χ4v) is 3.01. The lowest BCUT2D eigenvalue weighted by Crippen LogP contribution is -2.19. The van der Waals surface area contributed by atoms with Crippen molar-refractivity contribution in [3.8, 4) is 11.5 Å². The van der Waals surface area contributed by atoms with Crippen molar-refractivity contribution in [1.29, 1.82) is 0 Å². The van der Waals surface area contributed by atoms with Gasteiger partial charge in [0.15, 0.2) is 5.17 Å². The summed E-state index contributed by atoms with van der Waals surface area (Å²) in [6.07, 6.45) is 1.79. The Bertz CT molecular complexity index is 794. The van der Waals surface area contributed by atoms with Crippen molar-refractivity contribution in [3.63, 3.8) is 0 Å². The van der Waals surface area contributed by atoms with Gasteiger partial charge in [-0.15, -0.1) is 0 Å². The second-order valence-electron chi connectivity index (χ2n) is 4.96. The highest BCUT2D eigenvalue weighted by Gasteiger charge is 2.23. The molecule has 0 atom stereocenters. The lowest BCUT2D eigenvalue weighted by molar-refractivity contribution is -0.115. The largest absolute Gasteiger partial charge is 0.497 e. The molecule has 0 radical (unpaired) electrons. The summed E-state index contributed by atoms with van der Waals surface area (Å²) in [6.45, 7) is 0. The molecule has 5 nitrogen and oxygen atoms in total. The Kier molecular flexibility index (Phi) is 4.86. The highest BCUT2D eigenvalue weighted by molar-refractivity contribution is 8.18. The summed E-state index contributed by atoms with van der Waals surface area (Å²) >= 11 is 1.30. The number of carbonyl (C=O) groups excluding carboxylic acids is 1. The van der Waals surface area contributed by atoms with Gasteiger partial charge in [-0.1, -0.05) is 18.2 Å². The normalized spacial score (nSPS) is 17.2. The molecule has 1 N–H and O–H groups in total. The quantitative estimate of drug-likeness (QED) is 0.864. The Morgan fingerprint density at radius 1 is 1.04 bits per heavy atom. The molecule has 0 unspecified atom stereocenters. The van der Waals surface area contributed by atoms with Crippen LogP contribution < -0.4 is 14.8 Å². The van der Waals surface area contributed by atoms with Crippen LogP contribution >= 0.6 is 11.8 Å². The Morgan fingerprint density at radius 3 is 2.33 bits per heavy atom. The van der Waals surface area contributed by atoms with E-state index >= 15 is 0 Å². The fraction of sp³-hybridized carbons (Fsp3) is 0.111. The van der Waals surface area contributed by atoms with Crippen LogP contribution in [0, 0.1) is 0 Å². The van der Waals surface area contributed by atoms with Crippen LogP contribution in [0.2, 0.25) is 0 Å². The Morgan fingerprint density at radius 2 is 1.71 bits per heavy atom. The third kappa shape index (κ3) is 3.78. The molecule has 0 aliphatic carbocycles. The van der Waals surface area contributed by atoms with Gasteiger partial charge in [0.1, 0.15) is 11.5 Å². The molecule has 1 amide bonds. The number of amides is 1. The van der Waals surface area contributed by atoms with E-state index in [-0.39, 0.29) is 5.91 Å². The lowest BCUT2D eigenvalue weighted by atomic mass is 10.2. The first-order valence-electron chi connectivity index (χ1n) is 7.25. The van der Waals surface area contributed by atoms with Gasteiger partial charge < -0.3 is 14.8 Å². The predicted molar refractivity (Wildman–Crippen MR) is 96.8 cm³/mol. The van der Waals surface area contributed by atoms with Crippen molar-refractivity contribution >= 4 is 34.6 Å². The average molecular weight is 340 g/mol. The van der Waals surface area contributed by atoms with Gasteiger partial charge in [-0.3, -0.25) is 4.79 Å². The molecule has 122 valence electrons. The molecular weight excluding hydrogens is 324 g/mol. The number of nitrogens with one attached hydrogen (secondary N) is 1. The van der Waals surface area contributed by atoms with Crippen LogP contribution in [-0.4, -0.2) is 25.3 Å². The van der Waals surface area contributed by atoms with Crippen LogP contribution in [0.5, 0.6) is 11.5 Å². The van der Waals surface area contributed by atoms with E-state index in [0.717, 1.165) is 11.3 Å². The maximum atomic E-state index is 12.1. The molecule has 1 aliphatic heterocycles. The molecule has 2 aromatic carbocycles. The van der Waals surface area contributed by atoms with Crippen molar-refractivity contribution in [1.82, 2.24) is 5.32 Å². The van der Waals surface area contributed by atoms with Gasteiger partial charge >= 0.3 is 0 Å². The molecule has 0 saturated carbocycles. The van der Waals surface area contributed by atoms with E-state index in [1.807, 2.05) is 42.5 Å². The number of carbonyl (C=O) groups is 1. The third-order valence-electron chi connectivity index (χ3n) is 3.31. The van der Waals surface area contributed by atoms with Gasteiger partial charge in [0.05, 0.1) is 24.8 Å². The molecule has 2 aromatic rings. The molecular formula is C18H16N2O3S. The van der Waals surface area contributed by atoms with Crippen LogP contribution in [0.4, 0.5) is 5.69 Å². The topological polar surface area (TPSA) is 59.9 Å². The second-order valence-corrected chi connectivity index (χ2v) is 5.99. The van der Waals surface area contributed by atoms with Crippen LogP contribution in [0.3, 0.4) is 0 Å². The number of methoxy groups -OCH3 is 2. The van der Waals surface area contributed by atoms with Crippen LogP contribution in [0.1, 0.15) is 5.56 Å². The summed E-state index contributed by atoms with van der Waals surface area (Å²) in [5.74, 6) is 1.17. The minimum absolute atomic E-state index is 0.170. The standard InChI is InChI=1S/C18H16N2O3S/c1-22-14-8-12(9-15(11-14)23-2)10-16-17(21)20-18(24-16)19-13-6-4-3-5-7-13/h3-11H,1-2H3,(H,19,20,21)/b16-10+. The maximum absolute atomic E-state index is 12.1. The number of aliphatic imine (C=N–C) groups is 1. The number of amidine groups is 1. The zero-order valence-electron chi connectivity index (χ0n) is 13.3. The number of para-hydroxylation sites is 1. The summed E-state index contributed by atoms with van der Waals surface area (Å²) in [5, 5.41) is 3.34. The fourth-order valence-electron chi connectivity index (χ4n) is 2.16. The number of benzene rings is 2. The first-order valence-corrected chi connectivity index (χ1v) is 8.07. The summed E-state index contributed by atoms with van der Waals surface area (Å²) in [7, 11) is 3.18. The van der Waals surface area contributed by atoms with Crippen LogP contribution in [0.15, 0.2) is 58.4 Å². The Balaban J connectivity index is 1.86. The molecule has 1 saturated heterocycles. The zero-order valence-corrected chi connectivity index (χ0v) is 14.1. The summed E-state index contributed by atoms with van der Waals surface area (Å²) in [5.41, 5.74) is 1.62. The highest BCUT2D eigenvalue weighted by atomic mass is 32.2. The molecule has 6 heteroatoms. The van der Waals surface area contributed by atoms with E-state index in [2.05, 4.69) is 10.3 Å². The predicted octanol–water partition coefficient (Wildman–Crippen LogP) is 3.60. The van der Waals surface area contributed by atoms with Crippen molar-refractivity contribution in [2.24, 2.45) is 4.99 Å². The van der Waals surface area contributed by atoms with E-state index < -0.39 is 0 Å². The van der Waals surface area contributed by atoms with Gasteiger partial charge in [0.2, 0.25) is 0 Å². The second kappa shape index (κ2) is 7.23. The van der Waals surface area contributed by atoms with Gasteiger partial charge in [-0.05, 0) is 47.7 Å². The molecule has 1 fully saturated rings. The molecule has 24 heavy (non-hydrogen) atoms. The van der Waals surface area contributed by atoms with Gasteiger partial charge in [0.25, 0.3) is 5.91 Å². The van der Waals surface area contributed by atoms with E-state index in [1.54, 1.807) is 26.4 Å². The van der Waals surface area contributed by atoms with Crippen molar-refractivity contribution in [2.45, 2.75) is 0 Å². The number of thioether (sulfide) groups is 1. The number of nitrogens with zero attached hydrogens (tertiary/aromatic N) is 1. The minimum Gasteiger partial charge on any atom is -0.497 e. The van der Waals surface area contributed by atoms with Crippen molar-refractivity contribution in [3.05, 3.63) is 59.0 Å². The smallest absolute Gasteiger partial charge is 0.264 e. The number of ether oxygens (including phenoxy) is 2. The number of hydrogen-bond donors (Lipinski definition) is 1. The van der Waals surface area contributed by atoms with Crippen LogP contribution in [0.25, 0.3) is 6.08 Å². The van der Waals surface area contributed by atoms with E-state index in [9.17, 15) is 4.79 Å². The SMILES string of the molecule is COc1cc(/C=C2/SC(=Nc3ccccc3)NC2=O)cc(OC)c1. The van der Waals surface area contributed by atoms with E-state index in [1.165, 1.54) is 11.8 Å². The lowest BCUT2D eigenvalue weighted by Gasteiger charge is -2.06. The van der Waals surface area contributed by atoms with Crippen LogP contribution in [-0.2, 0) is 4.79 Å². The molecule has 0 bridgehead atoms. The van der Waals surface area contributed by atoms with E-state index in [0.29, 0.717) is 21.6 Å². The zero-order chi connectivity index (χ0) is 16.9. The maximum Gasteiger partial charge on any atom is 0.264 e. The van der Waals surface area contributed by atoms with Gasteiger partial charge in [-0.25, -0.2) is 4.99 Å². The monoisotopic (exact) mass is 340 g/mol. The molecule has 0 aromatic heterocycles. The molecule has 1 heterocycles. The highest BCUT2D eigenvalue weighted by Crippen LogP contribution is 2.30. The minimum atomic E-state index is -0.170. The Hall–Kier alpha value is -2.73. The van der Waals surface area contributed by atoms with E-state index in [4.69, 9.17) is 9.47 Å². The van der Waals surface area contributed by atoms with Gasteiger partial charge in [0, 0.05) is 6.07 Å². The summed E-state index contributed by atoms with van der Waals surface area (Å²) in [6, 6.07) is 15.0. The summed E-state index contributed by atoms with van der Waals surface area (Å²) in [4.78, 5) is 17.1. The first-order chi connectivity index (χ1) is 11.7. The third-order valence-corrected chi connectivity index (χ3v) is 4.22. The molecule has 1 aliphatic rings. The number of rotatable bonds is 4. The average Bonchev–Trinajstić information content (AvgIpc) is 2.94.